The van der Waals surface area contributed by atoms with E-state index in [-0.39, 0.29) is 0 Å². The van der Waals surface area contributed by atoms with Gasteiger partial charge in [0.2, 0.25) is 0 Å². The third-order valence-electron chi connectivity index (χ3n) is 4.98. The summed E-state index contributed by atoms with van der Waals surface area (Å²) in [6.45, 7) is 3.51. The van der Waals surface area contributed by atoms with Crippen LogP contribution in [0.3, 0.4) is 0 Å². The van der Waals surface area contributed by atoms with Gasteiger partial charge in [0.1, 0.15) is 5.75 Å². The van der Waals surface area contributed by atoms with E-state index in [9.17, 15) is 0 Å². The number of pyridine rings is 1. The van der Waals surface area contributed by atoms with E-state index in [4.69, 9.17) is 17.0 Å². The Balaban J connectivity index is 1.29. The summed E-state index contributed by atoms with van der Waals surface area (Å²) in [7, 11) is 1.68. The summed E-state index contributed by atoms with van der Waals surface area (Å²) in [6.07, 6.45) is 1.70. The van der Waals surface area contributed by atoms with Crippen LogP contribution in [0.2, 0.25) is 0 Å². The molecule has 148 valence electrons. The minimum absolute atomic E-state index is 0.636. The van der Waals surface area contributed by atoms with Gasteiger partial charge in [-0.05, 0) is 48.6 Å². The van der Waals surface area contributed by atoms with E-state index in [2.05, 4.69) is 37.4 Å². The zero-order valence-corrected chi connectivity index (χ0v) is 17.1. The Labute approximate surface area is 175 Å². The Hall–Kier alpha value is -3.19. The average molecular weight is 406 g/mol. The Bertz CT molecular complexity index is 1010. The van der Waals surface area contributed by atoms with Crippen LogP contribution in [-0.4, -0.2) is 54.5 Å². The zero-order chi connectivity index (χ0) is 20.1. The maximum absolute atomic E-state index is 5.50. The van der Waals surface area contributed by atoms with Crippen LogP contribution >= 0.6 is 12.2 Å². The largest absolute Gasteiger partial charge is 0.497 e. The molecule has 0 unspecified atom stereocenters. The SMILES string of the molecule is COc1ccc(N2CCN(C(=S)N/N=C\c3ccc4ccccc4n3)CC2)cc1. The lowest BCUT2D eigenvalue weighted by molar-refractivity contribution is 0.381. The van der Waals surface area contributed by atoms with E-state index in [0.717, 1.165) is 48.5 Å². The third kappa shape index (κ3) is 4.63. The molecule has 0 saturated carbocycles. The number of nitrogens with zero attached hydrogens (tertiary/aromatic N) is 4. The monoisotopic (exact) mass is 405 g/mol. The van der Waals surface area contributed by atoms with Crippen LogP contribution in [0.5, 0.6) is 5.75 Å². The fourth-order valence-corrected chi connectivity index (χ4v) is 3.57. The van der Waals surface area contributed by atoms with E-state index in [0.29, 0.717) is 5.11 Å². The Morgan fingerprint density at radius 1 is 1.03 bits per heavy atom. The van der Waals surface area contributed by atoms with Crippen molar-refractivity contribution in [1.29, 1.82) is 0 Å². The van der Waals surface area contributed by atoms with Crippen LogP contribution in [0.1, 0.15) is 5.69 Å². The molecular weight excluding hydrogens is 382 g/mol. The maximum Gasteiger partial charge on any atom is 0.189 e. The molecule has 0 atom stereocenters. The lowest BCUT2D eigenvalue weighted by Gasteiger charge is -2.37. The van der Waals surface area contributed by atoms with Crippen LogP contribution in [0, 0.1) is 0 Å². The van der Waals surface area contributed by atoms with Crippen molar-refractivity contribution in [3.63, 3.8) is 0 Å². The van der Waals surface area contributed by atoms with Crippen molar-refractivity contribution in [2.24, 2.45) is 5.10 Å². The van der Waals surface area contributed by atoms with Crippen molar-refractivity contribution < 1.29 is 4.74 Å². The fraction of sp³-hybridized carbons (Fsp3) is 0.227. The first-order chi connectivity index (χ1) is 14.2. The lowest BCUT2D eigenvalue weighted by Crippen LogP contribution is -2.51. The van der Waals surface area contributed by atoms with Crippen molar-refractivity contribution in [2.45, 2.75) is 0 Å². The molecule has 0 amide bonds. The molecule has 0 aliphatic carbocycles. The molecule has 0 spiro atoms. The molecule has 0 bridgehead atoms. The molecule has 1 saturated heterocycles. The highest BCUT2D eigenvalue weighted by Crippen LogP contribution is 2.20. The Morgan fingerprint density at radius 2 is 1.79 bits per heavy atom. The summed E-state index contributed by atoms with van der Waals surface area (Å²) < 4.78 is 5.23. The van der Waals surface area contributed by atoms with Gasteiger partial charge in [0.15, 0.2) is 5.11 Å². The van der Waals surface area contributed by atoms with Crippen LogP contribution in [0.15, 0.2) is 65.8 Å². The third-order valence-corrected chi connectivity index (χ3v) is 5.33. The average Bonchev–Trinajstić information content (AvgIpc) is 2.79. The van der Waals surface area contributed by atoms with Crippen molar-refractivity contribution in [3.8, 4) is 5.75 Å². The molecular formula is C22H23N5OS. The van der Waals surface area contributed by atoms with Crippen LogP contribution < -0.4 is 15.1 Å². The van der Waals surface area contributed by atoms with Gasteiger partial charge in [0.05, 0.1) is 24.5 Å². The fourth-order valence-electron chi connectivity index (χ4n) is 3.34. The number of nitrogens with one attached hydrogen (secondary N) is 1. The highest BCUT2D eigenvalue weighted by Gasteiger charge is 2.19. The molecule has 0 radical (unpaired) electrons. The molecule has 7 heteroatoms. The number of methoxy groups -OCH3 is 1. The highest BCUT2D eigenvalue weighted by atomic mass is 32.1. The Kier molecular flexibility index (Phi) is 5.86. The van der Waals surface area contributed by atoms with Gasteiger partial charge in [-0.1, -0.05) is 24.3 Å². The summed E-state index contributed by atoms with van der Waals surface area (Å²) in [5.74, 6) is 0.872. The van der Waals surface area contributed by atoms with Gasteiger partial charge in [-0.3, -0.25) is 5.43 Å². The minimum Gasteiger partial charge on any atom is -0.497 e. The summed E-state index contributed by atoms with van der Waals surface area (Å²) in [5, 5.41) is 6.02. The van der Waals surface area contributed by atoms with Crippen molar-refractivity contribution in [1.82, 2.24) is 15.3 Å². The highest BCUT2D eigenvalue weighted by molar-refractivity contribution is 7.80. The number of hydrogen-bond acceptors (Lipinski definition) is 5. The maximum atomic E-state index is 5.50. The summed E-state index contributed by atoms with van der Waals surface area (Å²) >= 11 is 5.50. The molecule has 1 fully saturated rings. The molecule has 1 aliphatic rings. The number of anilines is 1. The summed E-state index contributed by atoms with van der Waals surface area (Å²) in [5.41, 5.74) is 5.92. The smallest absolute Gasteiger partial charge is 0.189 e. The van der Waals surface area contributed by atoms with Gasteiger partial charge in [-0.25, -0.2) is 4.98 Å². The van der Waals surface area contributed by atoms with Crippen molar-refractivity contribution >= 4 is 40.1 Å². The zero-order valence-electron chi connectivity index (χ0n) is 16.3. The lowest BCUT2D eigenvalue weighted by atomic mass is 10.2. The molecule has 1 aliphatic heterocycles. The molecule has 6 nitrogen and oxygen atoms in total. The number of ether oxygens (including phenoxy) is 1. The minimum atomic E-state index is 0.636. The van der Waals surface area contributed by atoms with Gasteiger partial charge >= 0.3 is 0 Å². The Morgan fingerprint density at radius 3 is 2.55 bits per heavy atom. The molecule has 2 aromatic carbocycles. The molecule has 1 N–H and O–H groups in total. The van der Waals surface area contributed by atoms with E-state index >= 15 is 0 Å². The normalized spacial score (nSPS) is 14.4. The number of hydrazone groups is 1. The van der Waals surface area contributed by atoms with Gasteiger partial charge < -0.3 is 14.5 Å². The summed E-state index contributed by atoms with van der Waals surface area (Å²) in [4.78, 5) is 9.07. The van der Waals surface area contributed by atoms with E-state index in [1.165, 1.54) is 5.69 Å². The predicted molar refractivity (Wildman–Crippen MR) is 122 cm³/mol. The number of para-hydroxylation sites is 1. The second-order valence-corrected chi connectivity index (χ2v) is 7.16. The standard InChI is InChI=1S/C22H23N5OS/c1-28-20-10-8-19(9-11-20)26-12-14-27(15-13-26)22(29)25-23-16-18-7-6-17-4-2-3-5-21(17)24-18/h2-11,16H,12-15H2,1H3,(H,25,29)/b23-16-. The van der Waals surface area contributed by atoms with Crippen molar-refractivity contribution in [3.05, 3.63) is 66.4 Å². The van der Waals surface area contributed by atoms with E-state index in [1.54, 1.807) is 13.3 Å². The number of hydrogen-bond donors (Lipinski definition) is 1. The molecule has 4 rings (SSSR count). The second kappa shape index (κ2) is 8.87. The molecule has 1 aromatic heterocycles. The van der Waals surface area contributed by atoms with Gasteiger partial charge in [-0.2, -0.15) is 5.10 Å². The van der Waals surface area contributed by atoms with E-state index in [1.807, 2.05) is 48.5 Å². The van der Waals surface area contributed by atoms with E-state index < -0.39 is 0 Å². The number of fused-ring (bicyclic) bond motifs is 1. The second-order valence-electron chi connectivity index (χ2n) is 6.78. The van der Waals surface area contributed by atoms with Crippen molar-refractivity contribution in [2.75, 3.05) is 38.2 Å². The number of thiocarbonyl (C=S) groups is 1. The van der Waals surface area contributed by atoms with Gasteiger partial charge in [-0.15, -0.1) is 0 Å². The number of rotatable bonds is 4. The van der Waals surface area contributed by atoms with Crippen LogP contribution in [-0.2, 0) is 0 Å². The number of benzene rings is 2. The molecule has 29 heavy (non-hydrogen) atoms. The number of aromatic nitrogens is 1. The van der Waals surface area contributed by atoms with Crippen LogP contribution in [0.4, 0.5) is 5.69 Å². The first-order valence-corrected chi connectivity index (χ1v) is 9.96. The first-order valence-electron chi connectivity index (χ1n) is 9.56. The molecule has 2 heterocycles. The van der Waals surface area contributed by atoms with Gasteiger partial charge in [0.25, 0.3) is 0 Å². The number of piperazine rings is 1. The quantitative estimate of drug-likeness (QED) is 0.408. The summed E-state index contributed by atoms with van der Waals surface area (Å²) in [6, 6.07) is 20.2. The predicted octanol–water partition coefficient (Wildman–Crippen LogP) is 3.27. The molecule has 3 aromatic rings. The first kappa shape index (κ1) is 19.1. The van der Waals surface area contributed by atoms with Crippen LogP contribution in [0.25, 0.3) is 10.9 Å². The topological polar surface area (TPSA) is 53.0 Å². The van der Waals surface area contributed by atoms with Gasteiger partial charge in [0, 0.05) is 37.3 Å².